The van der Waals surface area contributed by atoms with Crippen LogP contribution in [0.25, 0.3) is 76.5 Å². The molecule has 40 heavy (non-hydrogen) atoms. The molecule has 0 aliphatic carbocycles. The highest BCUT2D eigenvalue weighted by Gasteiger charge is 2.17. The van der Waals surface area contributed by atoms with Crippen LogP contribution in [0.5, 0.6) is 0 Å². The molecule has 186 valence electrons. The van der Waals surface area contributed by atoms with E-state index in [1.165, 1.54) is 0 Å². The van der Waals surface area contributed by atoms with Gasteiger partial charge in [-0.1, -0.05) is 151 Å². The van der Waals surface area contributed by atoms with Gasteiger partial charge in [0, 0.05) is 0 Å². The molecule has 8 aromatic rings. The Bertz CT molecular complexity index is 3150. The van der Waals surface area contributed by atoms with Gasteiger partial charge >= 0.3 is 0 Å². The lowest BCUT2D eigenvalue weighted by Gasteiger charge is -2.18. The van der Waals surface area contributed by atoms with Crippen LogP contribution in [0, 0.1) is 0 Å². The summed E-state index contributed by atoms with van der Waals surface area (Å²) in [6.07, 6.45) is 0. The van der Waals surface area contributed by atoms with Gasteiger partial charge in [-0.25, -0.2) is 0 Å². The predicted octanol–water partition coefficient (Wildman–Crippen LogP) is 11.3. The summed E-state index contributed by atoms with van der Waals surface area (Å²) < 4.78 is 170. The van der Waals surface area contributed by atoms with E-state index in [0.717, 1.165) is 5.39 Å². The summed E-state index contributed by atoms with van der Waals surface area (Å²) in [5.74, 6) is 0. The van der Waals surface area contributed by atoms with Crippen LogP contribution >= 0.6 is 0 Å². The third kappa shape index (κ3) is 3.61. The van der Waals surface area contributed by atoms with Crippen LogP contribution in [0.2, 0.25) is 0 Å². The van der Waals surface area contributed by atoms with E-state index in [9.17, 15) is 13.7 Å². The zero-order valence-electron chi connectivity index (χ0n) is 39.5. The standard InChI is InChI=1S/C40H26/c1-2-12-31-26-32(25-20-27(31)10-1)40-37-17-7-5-15-35(37)39(36-16-6-8-18-38(36)40)30-23-21-29(22-24-30)34-19-9-13-28-11-3-4-14-33(28)34/h1-26H/i1D,2D,5D,6D,7D,8D,10D,12D,15D,16D,17D,18D,20D,21D,22D,23D,24D,25D,26D. The fourth-order valence-corrected chi connectivity index (χ4v) is 5.05. The second-order valence-electron chi connectivity index (χ2n) is 9.03. The third-order valence-corrected chi connectivity index (χ3v) is 6.81. The Morgan fingerprint density at radius 2 is 0.875 bits per heavy atom. The number of hydrogen-bond acceptors (Lipinski definition) is 0. The lowest BCUT2D eigenvalue weighted by molar-refractivity contribution is 1.63. The van der Waals surface area contributed by atoms with Gasteiger partial charge in [-0.05, 0) is 82.5 Å². The molecule has 0 saturated carbocycles. The van der Waals surface area contributed by atoms with E-state index in [2.05, 4.69) is 0 Å². The average molecular weight is 526 g/mol. The van der Waals surface area contributed by atoms with Crippen molar-refractivity contribution in [1.82, 2.24) is 0 Å². The Balaban J connectivity index is 1.68. The summed E-state index contributed by atoms with van der Waals surface area (Å²) in [6, 6.07) is -2.49. The van der Waals surface area contributed by atoms with Gasteiger partial charge < -0.3 is 0 Å². The van der Waals surface area contributed by atoms with Crippen LogP contribution in [0.3, 0.4) is 0 Å². The Morgan fingerprint density at radius 1 is 0.350 bits per heavy atom. The monoisotopic (exact) mass is 525 g/mol. The van der Waals surface area contributed by atoms with E-state index in [0.29, 0.717) is 10.9 Å². The Labute approximate surface area is 260 Å². The first kappa shape index (κ1) is 10.8. The molecule has 0 aromatic heterocycles. The fourth-order valence-electron chi connectivity index (χ4n) is 5.05. The van der Waals surface area contributed by atoms with Gasteiger partial charge in [0.1, 0.15) is 0 Å². The third-order valence-electron chi connectivity index (χ3n) is 6.81. The first-order valence-electron chi connectivity index (χ1n) is 21.8. The van der Waals surface area contributed by atoms with E-state index in [1.807, 2.05) is 12.1 Å². The van der Waals surface area contributed by atoms with Crippen molar-refractivity contribution in [2.45, 2.75) is 0 Å². The minimum absolute atomic E-state index is 0.101. The summed E-state index contributed by atoms with van der Waals surface area (Å²) in [5, 5.41) is -1.85. The topological polar surface area (TPSA) is 0 Å². The van der Waals surface area contributed by atoms with E-state index in [1.54, 1.807) is 30.3 Å². The van der Waals surface area contributed by atoms with Gasteiger partial charge in [0.2, 0.25) is 0 Å². The maximum atomic E-state index is 9.41. The van der Waals surface area contributed by atoms with Crippen molar-refractivity contribution in [1.29, 1.82) is 0 Å². The van der Waals surface area contributed by atoms with Crippen LogP contribution in [-0.4, -0.2) is 0 Å². The van der Waals surface area contributed by atoms with Crippen molar-refractivity contribution in [3.8, 4) is 33.4 Å². The van der Waals surface area contributed by atoms with Crippen molar-refractivity contribution >= 4 is 43.1 Å². The summed E-state index contributed by atoms with van der Waals surface area (Å²) in [5.41, 5.74) is -2.02. The zero-order valence-corrected chi connectivity index (χ0v) is 20.5. The van der Waals surface area contributed by atoms with Crippen molar-refractivity contribution in [3.05, 3.63) is 157 Å². The summed E-state index contributed by atoms with van der Waals surface area (Å²) in [7, 11) is 0. The summed E-state index contributed by atoms with van der Waals surface area (Å²) in [4.78, 5) is 0. The lowest BCUT2D eigenvalue weighted by Crippen LogP contribution is -1.91. The second-order valence-corrected chi connectivity index (χ2v) is 9.03. The van der Waals surface area contributed by atoms with Crippen LogP contribution < -0.4 is 0 Å². The minimum atomic E-state index is -0.855. The Kier molecular flexibility index (Phi) is 2.48. The maximum absolute atomic E-state index is 9.41. The summed E-state index contributed by atoms with van der Waals surface area (Å²) >= 11 is 0. The molecule has 0 heterocycles. The largest absolute Gasteiger partial charge is 0.0636 e. The average Bonchev–Trinajstić information content (AvgIpc) is 3.22. The fraction of sp³-hybridized carbons (Fsp3) is 0. The number of benzene rings is 8. The number of fused-ring (bicyclic) bond motifs is 4. The maximum Gasteiger partial charge on any atom is 0.0636 e. The molecule has 0 nitrogen and oxygen atoms in total. The van der Waals surface area contributed by atoms with Crippen molar-refractivity contribution in [2.75, 3.05) is 0 Å². The Morgan fingerprint density at radius 3 is 1.57 bits per heavy atom. The first-order chi connectivity index (χ1) is 27.8. The van der Waals surface area contributed by atoms with Crippen molar-refractivity contribution in [2.24, 2.45) is 0 Å². The van der Waals surface area contributed by atoms with Crippen LogP contribution in [-0.2, 0) is 0 Å². The molecule has 0 radical (unpaired) electrons. The molecule has 0 unspecified atom stereocenters. The van der Waals surface area contributed by atoms with Gasteiger partial charge in [0.15, 0.2) is 0 Å². The molecule has 0 aliphatic rings. The SMILES string of the molecule is [2H]c1c([2H])c(-c2c3c([2H])c([2H])c([2H])c([2H])c3c(-c3c([2H])c([2H])c4c([2H])c([2H])c([2H])c([2H])c4c3[2H])c3c([2H])c([2H])c([2H])c([2H])c23)c([2H])c([2H])c1-c1cccc2ccccc12. The minimum Gasteiger partial charge on any atom is -0.0616 e. The molecule has 0 amide bonds. The van der Waals surface area contributed by atoms with Gasteiger partial charge in [0.25, 0.3) is 0 Å². The normalized spacial score (nSPS) is 18.1. The van der Waals surface area contributed by atoms with Gasteiger partial charge in [-0.3, -0.25) is 0 Å². The molecule has 8 rings (SSSR count). The van der Waals surface area contributed by atoms with E-state index in [-0.39, 0.29) is 5.56 Å². The smallest absolute Gasteiger partial charge is 0.0616 e. The molecule has 0 saturated heterocycles. The highest BCUT2D eigenvalue weighted by atomic mass is 14.2. The van der Waals surface area contributed by atoms with Crippen LogP contribution in [0.4, 0.5) is 0 Å². The molecule has 0 bridgehead atoms. The molecule has 0 heteroatoms. The quantitative estimate of drug-likeness (QED) is 0.201. The van der Waals surface area contributed by atoms with Gasteiger partial charge in [-0.15, -0.1) is 0 Å². The molecule has 0 N–H and O–H groups in total. The molecular weight excluding hydrogens is 480 g/mol. The molecule has 0 aliphatic heterocycles. The van der Waals surface area contributed by atoms with Gasteiger partial charge in [-0.2, -0.15) is 0 Å². The van der Waals surface area contributed by atoms with E-state index >= 15 is 0 Å². The number of rotatable bonds is 3. The number of hydrogen-bond donors (Lipinski definition) is 0. The van der Waals surface area contributed by atoms with E-state index < -0.39 is 169 Å². The molecule has 8 aromatic carbocycles. The molecule has 0 fully saturated rings. The van der Waals surface area contributed by atoms with Crippen molar-refractivity contribution < 1.29 is 26.0 Å². The zero-order chi connectivity index (χ0) is 43.0. The molecule has 0 atom stereocenters. The molecular formula is C40H26. The first-order valence-corrected chi connectivity index (χ1v) is 12.3. The van der Waals surface area contributed by atoms with E-state index in [4.69, 9.17) is 12.3 Å². The second kappa shape index (κ2) is 9.22. The predicted molar refractivity (Wildman–Crippen MR) is 173 cm³/mol. The highest BCUT2D eigenvalue weighted by Crippen LogP contribution is 2.44. The highest BCUT2D eigenvalue weighted by molar-refractivity contribution is 6.21. The van der Waals surface area contributed by atoms with Crippen LogP contribution in [0.1, 0.15) is 26.0 Å². The summed E-state index contributed by atoms with van der Waals surface area (Å²) in [6.45, 7) is 0. The Hall–Kier alpha value is -5.20. The van der Waals surface area contributed by atoms with Gasteiger partial charge in [0.05, 0.1) is 26.0 Å². The van der Waals surface area contributed by atoms with Crippen molar-refractivity contribution in [3.63, 3.8) is 0 Å². The van der Waals surface area contributed by atoms with Crippen LogP contribution in [0.15, 0.2) is 157 Å². The molecule has 0 spiro atoms. The lowest BCUT2D eigenvalue weighted by atomic mass is 9.85.